The molecule has 0 aromatic heterocycles. The molecule has 0 unspecified atom stereocenters. The summed E-state index contributed by atoms with van der Waals surface area (Å²) in [6, 6.07) is 5.90. The highest BCUT2D eigenvalue weighted by molar-refractivity contribution is 5.91. The van der Waals surface area contributed by atoms with Crippen molar-refractivity contribution in [2.45, 2.75) is 6.92 Å². The van der Waals surface area contributed by atoms with Crippen LogP contribution >= 0.6 is 0 Å². The van der Waals surface area contributed by atoms with Crippen LogP contribution in [0.2, 0.25) is 0 Å². The lowest BCUT2D eigenvalue weighted by molar-refractivity contribution is -0.121. The van der Waals surface area contributed by atoms with Crippen LogP contribution in [-0.2, 0) is 4.79 Å². The molecule has 1 aliphatic rings. The Hall–Kier alpha value is -1.85. The molecule has 5 nitrogen and oxygen atoms in total. The lowest BCUT2D eigenvalue weighted by Gasteiger charge is -2.31. The number of nitrogens with one attached hydrogen (secondary N) is 1. The number of likely N-dealkylation sites (N-methyl/N-ethyl adjacent to an activating group) is 1. The number of carbonyl (C=O) groups excluding carboxylic acids is 1. The fraction of sp³-hybridized carbons (Fsp3) is 0.438. The van der Waals surface area contributed by atoms with Gasteiger partial charge in [-0.15, -0.1) is 0 Å². The predicted molar refractivity (Wildman–Crippen MR) is 84.0 cm³/mol. The highest BCUT2D eigenvalue weighted by Gasteiger charge is 2.14. The number of methoxy groups -OCH3 is 1. The van der Waals surface area contributed by atoms with E-state index in [1.807, 2.05) is 30.1 Å². The van der Waals surface area contributed by atoms with Gasteiger partial charge in [0.15, 0.2) is 0 Å². The molecule has 0 saturated carbocycles. The van der Waals surface area contributed by atoms with Crippen LogP contribution in [-0.4, -0.2) is 56.2 Å². The molecule has 1 fully saturated rings. The van der Waals surface area contributed by atoms with Gasteiger partial charge in [0.2, 0.25) is 0 Å². The third kappa shape index (κ3) is 4.58. The van der Waals surface area contributed by atoms with Crippen LogP contribution in [0.3, 0.4) is 0 Å². The molecule has 1 heterocycles. The average Bonchev–Trinajstić information content (AvgIpc) is 2.48. The molecule has 0 bridgehead atoms. The van der Waals surface area contributed by atoms with Gasteiger partial charge < -0.3 is 9.64 Å². The van der Waals surface area contributed by atoms with Crippen LogP contribution < -0.4 is 10.2 Å². The first-order valence-corrected chi connectivity index (χ1v) is 7.15. The highest BCUT2D eigenvalue weighted by atomic mass is 16.5. The molecule has 0 aliphatic carbocycles. The highest BCUT2D eigenvalue weighted by Crippen LogP contribution is 2.20. The molecule has 1 aromatic rings. The molecule has 0 spiro atoms. The van der Waals surface area contributed by atoms with Crippen LogP contribution in [0.4, 0.5) is 0 Å². The zero-order valence-electron chi connectivity index (χ0n) is 12.9. The summed E-state index contributed by atoms with van der Waals surface area (Å²) in [6.45, 7) is 5.65. The van der Waals surface area contributed by atoms with Crippen LogP contribution in [0.5, 0.6) is 5.75 Å². The van der Waals surface area contributed by atoms with Crippen LogP contribution in [0.25, 0.3) is 6.08 Å². The standard InChI is InChI=1S/C16H23N3O2/c1-13-4-6-15(21-3)14(12-13)5-7-16(20)17-19-10-8-18(2)9-11-19/h4-7,12H,8-11H2,1-3H3,(H,17,20)/b7-5+. The number of nitrogens with zero attached hydrogens (tertiary/aromatic N) is 2. The Bertz CT molecular complexity index is 520. The lowest BCUT2D eigenvalue weighted by Crippen LogP contribution is -2.52. The number of hydrogen-bond donors (Lipinski definition) is 1. The van der Waals surface area contributed by atoms with E-state index in [-0.39, 0.29) is 5.91 Å². The molecule has 114 valence electrons. The maximum atomic E-state index is 12.0. The Labute approximate surface area is 126 Å². The van der Waals surface area contributed by atoms with E-state index in [1.54, 1.807) is 19.3 Å². The number of carbonyl (C=O) groups is 1. The molecule has 21 heavy (non-hydrogen) atoms. The van der Waals surface area contributed by atoms with Gasteiger partial charge in [0.1, 0.15) is 5.75 Å². The molecular formula is C16H23N3O2. The van der Waals surface area contributed by atoms with E-state index in [0.717, 1.165) is 43.1 Å². The summed E-state index contributed by atoms with van der Waals surface area (Å²) in [4.78, 5) is 14.2. The van der Waals surface area contributed by atoms with Gasteiger partial charge >= 0.3 is 0 Å². The summed E-state index contributed by atoms with van der Waals surface area (Å²) >= 11 is 0. The van der Waals surface area contributed by atoms with E-state index in [2.05, 4.69) is 17.4 Å². The number of ether oxygens (including phenoxy) is 1. The molecule has 0 atom stereocenters. The molecule has 1 amide bonds. The monoisotopic (exact) mass is 289 g/mol. The molecule has 1 saturated heterocycles. The fourth-order valence-electron chi connectivity index (χ4n) is 2.26. The number of hydrazine groups is 1. The molecule has 1 aliphatic heterocycles. The van der Waals surface area contributed by atoms with Crippen molar-refractivity contribution in [1.82, 2.24) is 15.3 Å². The smallest absolute Gasteiger partial charge is 0.258 e. The van der Waals surface area contributed by atoms with Gasteiger partial charge in [-0.1, -0.05) is 11.6 Å². The first-order chi connectivity index (χ1) is 10.1. The molecule has 2 rings (SSSR count). The van der Waals surface area contributed by atoms with Gasteiger partial charge in [-0.25, -0.2) is 5.01 Å². The van der Waals surface area contributed by atoms with Crippen LogP contribution in [0.15, 0.2) is 24.3 Å². The van der Waals surface area contributed by atoms with Gasteiger partial charge in [0.05, 0.1) is 7.11 Å². The molecular weight excluding hydrogens is 266 g/mol. The second kappa shape index (κ2) is 7.24. The third-order valence-electron chi connectivity index (χ3n) is 3.57. The van der Waals surface area contributed by atoms with Crippen molar-refractivity contribution >= 4 is 12.0 Å². The van der Waals surface area contributed by atoms with Gasteiger partial charge in [-0.05, 0) is 32.2 Å². The van der Waals surface area contributed by atoms with E-state index in [9.17, 15) is 4.79 Å². The minimum atomic E-state index is -0.108. The summed E-state index contributed by atoms with van der Waals surface area (Å²) in [5, 5.41) is 1.96. The zero-order valence-corrected chi connectivity index (χ0v) is 12.9. The number of piperazine rings is 1. The number of hydrogen-bond acceptors (Lipinski definition) is 4. The topological polar surface area (TPSA) is 44.8 Å². The largest absolute Gasteiger partial charge is 0.496 e. The van der Waals surface area contributed by atoms with Crippen molar-refractivity contribution in [3.8, 4) is 5.75 Å². The lowest BCUT2D eigenvalue weighted by atomic mass is 10.1. The minimum absolute atomic E-state index is 0.108. The molecule has 1 aromatic carbocycles. The summed E-state index contributed by atoms with van der Waals surface area (Å²) < 4.78 is 5.30. The normalized spacial score (nSPS) is 17.1. The van der Waals surface area contributed by atoms with Crippen molar-refractivity contribution in [2.24, 2.45) is 0 Å². The second-order valence-corrected chi connectivity index (χ2v) is 5.35. The maximum absolute atomic E-state index is 12.0. The Morgan fingerprint density at radius 3 is 2.67 bits per heavy atom. The van der Waals surface area contributed by atoms with E-state index < -0.39 is 0 Å². The van der Waals surface area contributed by atoms with Crippen molar-refractivity contribution in [3.05, 3.63) is 35.4 Å². The number of amides is 1. The predicted octanol–water partition coefficient (Wildman–Crippen LogP) is 1.30. The summed E-state index contributed by atoms with van der Waals surface area (Å²) in [5.41, 5.74) is 4.94. The van der Waals surface area contributed by atoms with E-state index in [1.165, 1.54) is 0 Å². The van der Waals surface area contributed by atoms with Crippen molar-refractivity contribution in [3.63, 3.8) is 0 Å². The van der Waals surface area contributed by atoms with Crippen molar-refractivity contribution in [2.75, 3.05) is 40.3 Å². The fourth-order valence-corrected chi connectivity index (χ4v) is 2.26. The number of aryl methyl sites for hydroxylation is 1. The van der Waals surface area contributed by atoms with Crippen molar-refractivity contribution in [1.29, 1.82) is 0 Å². The van der Waals surface area contributed by atoms with E-state index in [0.29, 0.717) is 0 Å². The van der Waals surface area contributed by atoms with Crippen molar-refractivity contribution < 1.29 is 9.53 Å². The van der Waals surface area contributed by atoms with Gasteiger partial charge in [-0.3, -0.25) is 10.2 Å². The molecule has 0 radical (unpaired) electrons. The number of rotatable bonds is 4. The summed E-state index contributed by atoms with van der Waals surface area (Å²) in [7, 11) is 3.72. The van der Waals surface area contributed by atoms with Gasteiger partial charge in [0, 0.05) is 37.8 Å². The summed E-state index contributed by atoms with van der Waals surface area (Å²) in [6.07, 6.45) is 3.34. The van der Waals surface area contributed by atoms with E-state index >= 15 is 0 Å². The van der Waals surface area contributed by atoms with Crippen LogP contribution in [0.1, 0.15) is 11.1 Å². The molecule has 1 N–H and O–H groups in total. The van der Waals surface area contributed by atoms with E-state index in [4.69, 9.17) is 4.74 Å². The minimum Gasteiger partial charge on any atom is -0.496 e. The maximum Gasteiger partial charge on any atom is 0.258 e. The second-order valence-electron chi connectivity index (χ2n) is 5.35. The Kier molecular flexibility index (Phi) is 5.36. The summed E-state index contributed by atoms with van der Waals surface area (Å²) in [5.74, 6) is 0.660. The first kappa shape index (κ1) is 15.5. The third-order valence-corrected chi connectivity index (χ3v) is 3.57. The Morgan fingerprint density at radius 2 is 2.00 bits per heavy atom. The SMILES string of the molecule is COc1ccc(C)cc1/C=C/C(=O)NN1CCN(C)CC1. The first-order valence-electron chi connectivity index (χ1n) is 7.15. The van der Waals surface area contributed by atoms with Gasteiger partial charge in [0.25, 0.3) is 5.91 Å². The average molecular weight is 289 g/mol. The van der Waals surface area contributed by atoms with Crippen LogP contribution in [0, 0.1) is 6.92 Å². The zero-order chi connectivity index (χ0) is 15.2. The van der Waals surface area contributed by atoms with Gasteiger partial charge in [-0.2, -0.15) is 0 Å². The Morgan fingerprint density at radius 1 is 1.29 bits per heavy atom. The Balaban J connectivity index is 1.94. The quantitative estimate of drug-likeness (QED) is 0.849. The number of benzene rings is 1. The molecule has 5 heteroatoms.